The van der Waals surface area contributed by atoms with Crippen LogP contribution >= 0.6 is 11.3 Å². The van der Waals surface area contributed by atoms with E-state index in [1.807, 2.05) is 7.05 Å². The second-order valence-corrected chi connectivity index (χ2v) is 4.13. The van der Waals surface area contributed by atoms with E-state index in [0.29, 0.717) is 0 Å². The van der Waals surface area contributed by atoms with E-state index in [-0.39, 0.29) is 0 Å². The number of hydrogen-bond acceptors (Lipinski definition) is 3. The molecule has 74 valence electrons. The fraction of sp³-hybridized carbons (Fsp3) is 0.300. The van der Waals surface area contributed by atoms with Crippen molar-refractivity contribution in [1.29, 1.82) is 0 Å². The molecule has 2 aromatic rings. The SMILES string of the molecule is CNCc1n[nH]c(C)c1-c1cccs1. The molecule has 2 heterocycles. The highest BCUT2D eigenvalue weighted by Gasteiger charge is 2.11. The number of aryl methyl sites for hydroxylation is 1. The van der Waals surface area contributed by atoms with Crippen molar-refractivity contribution in [1.82, 2.24) is 15.5 Å². The van der Waals surface area contributed by atoms with E-state index in [0.717, 1.165) is 17.9 Å². The molecule has 0 saturated heterocycles. The maximum atomic E-state index is 4.28. The van der Waals surface area contributed by atoms with Crippen molar-refractivity contribution in [2.24, 2.45) is 0 Å². The highest BCUT2D eigenvalue weighted by atomic mass is 32.1. The molecule has 0 fully saturated rings. The molecule has 2 aromatic heterocycles. The Morgan fingerprint density at radius 2 is 2.43 bits per heavy atom. The first kappa shape index (κ1) is 9.43. The maximum Gasteiger partial charge on any atom is 0.0849 e. The molecule has 14 heavy (non-hydrogen) atoms. The molecule has 3 nitrogen and oxygen atoms in total. The number of nitrogens with zero attached hydrogens (tertiary/aromatic N) is 1. The number of aromatic amines is 1. The summed E-state index contributed by atoms with van der Waals surface area (Å²) in [6, 6.07) is 4.19. The van der Waals surface area contributed by atoms with Crippen LogP contribution in [0.3, 0.4) is 0 Å². The lowest BCUT2D eigenvalue weighted by molar-refractivity contribution is 0.785. The minimum atomic E-state index is 0.803. The summed E-state index contributed by atoms with van der Waals surface area (Å²) in [4.78, 5) is 1.28. The van der Waals surface area contributed by atoms with Crippen LogP contribution in [0.15, 0.2) is 17.5 Å². The summed E-state index contributed by atoms with van der Waals surface area (Å²) in [5.74, 6) is 0. The number of rotatable bonds is 3. The van der Waals surface area contributed by atoms with Crippen LogP contribution in [-0.2, 0) is 6.54 Å². The van der Waals surface area contributed by atoms with E-state index in [1.54, 1.807) is 11.3 Å². The molecule has 0 spiro atoms. The molecule has 0 radical (unpaired) electrons. The van der Waals surface area contributed by atoms with Crippen molar-refractivity contribution in [3.05, 3.63) is 28.9 Å². The van der Waals surface area contributed by atoms with Crippen LogP contribution in [0.5, 0.6) is 0 Å². The molecule has 0 aliphatic carbocycles. The zero-order valence-electron chi connectivity index (χ0n) is 8.29. The Morgan fingerprint density at radius 3 is 3.07 bits per heavy atom. The standard InChI is InChI=1S/C10H13N3S/c1-7-10(9-4-3-5-14-9)8(6-11-2)13-12-7/h3-5,11H,6H2,1-2H3,(H,12,13). The summed E-state index contributed by atoms with van der Waals surface area (Å²) < 4.78 is 0. The summed E-state index contributed by atoms with van der Waals surface area (Å²) in [7, 11) is 1.93. The van der Waals surface area contributed by atoms with Crippen molar-refractivity contribution in [3.8, 4) is 10.4 Å². The molecular formula is C10H13N3S. The zero-order valence-corrected chi connectivity index (χ0v) is 9.11. The summed E-state index contributed by atoms with van der Waals surface area (Å²) in [5, 5.41) is 12.5. The van der Waals surface area contributed by atoms with Gasteiger partial charge in [0.2, 0.25) is 0 Å². The summed E-state index contributed by atoms with van der Waals surface area (Å²) >= 11 is 1.75. The van der Waals surface area contributed by atoms with Crippen LogP contribution in [0.4, 0.5) is 0 Å². The average Bonchev–Trinajstić information content (AvgIpc) is 2.76. The molecule has 2 N–H and O–H groups in total. The molecule has 0 aliphatic heterocycles. The first-order valence-electron chi connectivity index (χ1n) is 4.55. The van der Waals surface area contributed by atoms with Crippen molar-refractivity contribution < 1.29 is 0 Å². The molecule has 0 amide bonds. The smallest absolute Gasteiger partial charge is 0.0849 e. The average molecular weight is 207 g/mol. The molecule has 0 saturated carbocycles. The number of thiophene rings is 1. The molecule has 0 aliphatic rings. The fourth-order valence-electron chi connectivity index (χ4n) is 1.52. The number of H-pyrrole nitrogens is 1. The van der Waals surface area contributed by atoms with Crippen LogP contribution in [0.25, 0.3) is 10.4 Å². The third-order valence-corrected chi connectivity index (χ3v) is 3.02. The Morgan fingerprint density at radius 1 is 1.57 bits per heavy atom. The van der Waals surface area contributed by atoms with Gasteiger partial charge in [-0.3, -0.25) is 5.10 Å². The van der Waals surface area contributed by atoms with Gasteiger partial charge in [0.15, 0.2) is 0 Å². The predicted molar refractivity (Wildman–Crippen MR) is 59.4 cm³/mol. The van der Waals surface area contributed by atoms with Crippen LogP contribution in [0.2, 0.25) is 0 Å². The second-order valence-electron chi connectivity index (χ2n) is 3.18. The van der Waals surface area contributed by atoms with Gasteiger partial charge in [-0.05, 0) is 25.4 Å². The lowest BCUT2D eigenvalue weighted by atomic mass is 10.1. The molecule has 0 aromatic carbocycles. The third-order valence-electron chi connectivity index (χ3n) is 2.13. The van der Waals surface area contributed by atoms with E-state index in [9.17, 15) is 0 Å². The van der Waals surface area contributed by atoms with Gasteiger partial charge in [0.25, 0.3) is 0 Å². The minimum Gasteiger partial charge on any atom is -0.314 e. The second kappa shape index (κ2) is 3.94. The lowest BCUT2D eigenvalue weighted by Gasteiger charge is -1.99. The van der Waals surface area contributed by atoms with Crippen LogP contribution in [-0.4, -0.2) is 17.2 Å². The van der Waals surface area contributed by atoms with Crippen LogP contribution in [0.1, 0.15) is 11.4 Å². The Bertz CT molecular complexity index is 403. The molecule has 2 rings (SSSR count). The van der Waals surface area contributed by atoms with Gasteiger partial charge in [-0.1, -0.05) is 6.07 Å². The Balaban J connectivity index is 2.45. The summed E-state index contributed by atoms with van der Waals surface area (Å²) in [6.07, 6.45) is 0. The third kappa shape index (κ3) is 1.58. The molecule has 0 bridgehead atoms. The first-order chi connectivity index (χ1) is 6.83. The Hall–Kier alpha value is -1.13. The predicted octanol–water partition coefficient (Wildman–Crippen LogP) is 2.17. The van der Waals surface area contributed by atoms with Gasteiger partial charge in [0, 0.05) is 22.7 Å². The lowest BCUT2D eigenvalue weighted by Crippen LogP contribution is -2.06. The molecular weight excluding hydrogens is 194 g/mol. The van der Waals surface area contributed by atoms with Crippen molar-refractivity contribution >= 4 is 11.3 Å². The van der Waals surface area contributed by atoms with E-state index in [4.69, 9.17) is 0 Å². The van der Waals surface area contributed by atoms with E-state index in [2.05, 4.69) is 40.0 Å². The van der Waals surface area contributed by atoms with Gasteiger partial charge >= 0.3 is 0 Å². The Labute approximate surface area is 87.2 Å². The van der Waals surface area contributed by atoms with Gasteiger partial charge in [-0.25, -0.2) is 0 Å². The molecule has 0 atom stereocenters. The first-order valence-corrected chi connectivity index (χ1v) is 5.43. The van der Waals surface area contributed by atoms with Gasteiger partial charge in [0.05, 0.1) is 5.69 Å². The summed E-state index contributed by atoms with van der Waals surface area (Å²) in [6.45, 7) is 2.86. The van der Waals surface area contributed by atoms with Gasteiger partial charge in [-0.2, -0.15) is 5.10 Å². The van der Waals surface area contributed by atoms with Crippen molar-refractivity contribution in [3.63, 3.8) is 0 Å². The van der Waals surface area contributed by atoms with Gasteiger partial charge < -0.3 is 5.32 Å². The zero-order chi connectivity index (χ0) is 9.97. The van der Waals surface area contributed by atoms with Crippen LogP contribution in [0, 0.1) is 6.92 Å². The monoisotopic (exact) mass is 207 g/mol. The normalized spacial score (nSPS) is 10.7. The minimum absolute atomic E-state index is 0.803. The number of hydrogen-bond donors (Lipinski definition) is 2. The largest absolute Gasteiger partial charge is 0.314 e. The van der Waals surface area contributed by atoms with Gasteiger partial charge in [-0.15, -0.1) is 11.3 Å². The van der Waals surface area contributed by atoms with Gasteiger partial charge in [0.1, 0.15) is 0 Å². The fourth-order valence-corrected chi connectivity index (χ4v) is 2.37. The van der Waals surface area contributed by atoms with E-state index < -0.39 is 0 Å². The molecule has 4 heteroatoms. The maximum absolute atomic E-state index is 4.28. The van der Waals surface area contributed by atoms with Crippen molar-refractivity contribution in [2.75, 3.05) is 7.05 Å². The summed E-state index contributed by atoms with van der Waals surface area (Å²) in [5.41, 5.74) is 3.47. The Kier molecular flexibility index (Phi) is 2.65. The van der Waals surface area contributed by atoms with Crippen molar-refractivity contribution in [2.45, 2.75) is 13.5 Å². The van der Waals surface area contributed by atoms with Crippen LogP contribution < -0.4 is 5.32 Å². The highest BCUT2D eigenvalue weighted by Crippen LogP contribution is 2.29. The highest BCUT2D eigenvalue weighted by molar-refractivity contribution is 7.13. The topological polar surface area (TPSA) is 40.7 Å². The quantitative estimate of drug-likeness (QED) is 0.809. The molecule has 0 unspecified atom stereocenters. The van der Waals surface area contributed by atoms with E-state index >= 15 is 0 Å². The van der Waals surface area contributed by atoms with E-state index in [1.165, 1.54) is 10.4 Å². The number of aromatic nitrogens is 2. The number of nitrogens with one attached hydrogen (secondary N) is 2.